The minimum Gasteiger partial charge on any atom is -0.459 e. The third-order valence-electron chi connectivity index (χ3n) is 6.94. The molecule has 1 aromatic carbocycles. The van der Waals surface area contributed by atoms with Gasteiger partial charge in [-0.1, -0.05) is 12.1 Å². The number of nitrogens with zero attached hydrogens (tertiary/aromatic N) is 5. The van der Waals surface area contributed by atoms with Crippen LogP contribution >= 0.6 is 0 Å². The molecule has 2 aromatic heterocycles. The molecule has 0 radical (unpaired) electrons. The number of morpholine rings is 1. The van der Waals surface area contributed by atoms with Crippen molar-refractivity contribution in [1.82, 2.24) is 24.6 Å². The van der Waals surface area contributed by atoms with Gasteiger partial charge in [-0.05, 0) is 29.8 Å². The molecule has 41 heavy (non-hydrogen) atoms. The van der Waals surface area contributed by atoms with Crippen LogP contribution in [0.5, 0.6) is 0 Å². The molecule has 4 heterocycles. The van der Waals surface area contributed by atoms with Gasteiger partial charge in [0.1, 0.15) is 5.82 Å². The van der Waals surface area contributed by atoms with E-state index in [4.69, 9.17) is 9.15 Å². The molecule has 2 aliphatic heterocycles. The lowest BCUT2D eigenvalue weighted by molar-refractivity contribution is -0.195. The summed E-state index contributed by atoms with van der Waals surface area (Å²) in [5.41, 5.74) is 0.587. The molecule has 15 heteroatoms. The molecular weight excluding hydrogens is 552 g/mol. The third kappa shape index (κ3) is 6.46. The predicted octanol–water partition coefficient (Wildman–Crippen LogP) is 2.32. The molecule has 3 aromatic rings. The van der Waals surface area contributed by atoms with E-state index in [0.717, 1.165) is 9.58 Å². The maximum Gasteiger partial charge on any atom is 0.394 e. The molecule has 0 spiro atoms. The highest BCUT2D eigenvalue weighted by Crippen LogP contribution is 2.41. The number of anilines is 1. The van der Waals surface area contributed by atoms with E-state index in [1.54, 1.807) is 4.90 Å². The van der Waals surface area contributed by atoms with E-state index in [1.165, 1.54) is 42.7 Å². The molecule has 2 aliphatic rings. The number of ketones is 1. The van der Waals surface area contributed by atoms with Gasteiger partial charge in [0.25, 0.3) is 0 Å². The summed E-state index contributed by atoms with van der Waals surface area (Å²) < 4.78 is 67.4. The maximum absolute atomic E-state index is 14.3. The minimum absolute atomic E-state index is 0.0228. The quantitative estimate of drug-likeness (QED) is 0.421. The van der Waals surface area contributed by atoms with Crippen molar-refractivity contribution >= 4 is 23.5 Å². The number of halogens is 4. The van der Waals surface area contributed by atoms with Crippen molar-refractivity contribution < 1.29 is 41.1 Å². The van der Waals surface area contributed by atoms with Crippen LogP contribution in [0.1, 0.15) is 27.9 Å². The van der Waals surface area contributed by atoms with Crippen LogP contribution in [0.4, 0.5) is 23.5 Å². The summed E-state index contributed by atoms with van der Waals surface area (Å²) in [7, 11) is 0. The summed E-state index contributed by atoms with van der Waals surface area (Å²) in [5, 5.41) is 6.84. The Kier molecular flexibility index (Phi) is 8.17. The lowest BCUT2D eigenvalue weighted by Crippen LogP contribution is -2.55. The number of ether oxygens (including phenoxy) is 1. The first-order valence-corrected chi connectivity index (χ1v) is 12.8. The average Bonchev–Trinajstić information content (AvgIpc) is 3.63. The van der Waals surface area contributed by atoms with Crippen LogP contribution in [0.25, 0.3) is 0 Å². The van der Waals surface area contributed by atoms with Crippen LogP contribution < -0.4 is 5.32 Å². The molecule has 5 rings (SSSR count). The van der Waals surface area contributed by atoms with Gasteiger partial charge in [0.05, 0.1) is 44.4 Å². The number of piperidine rings is 1. The molecule has 2 unspecified atom stereocenters. The van der Waals surface area contributed by atoms with Crippen LogP contribution in [-0.4, -0.2) is 94.3 Å². The van der Waals surface area contributed by atoms with Gasteiger partial charge in [0.15, 0.2) is 17.4 Å². The number of amides is 1. The predicted molar refractivity (Wildman–Crippen MR) is 133 cm³/mol. The first-order valence-electron chi connectivity index (χ1n) is 12.8. The summed E-state index contributed by atoms with van der Waals surface area (Å²) in [6.45, 7) is 0.295. The number of carbonyl (C=O) groups excluding carboxylic acids is 3. The van der Waals surface area contributed by atoms with E-state index in [0.29, 0.717) is 31.9 Å². The molecule has 11 nitrogen and oxygen atoms in total. The van der Waals surface area contributed by atoms with Crippen molar-refractivity contribution in [2.45, 2.75) is 18.6 Å². The largest absolute Gasteiger partial charge is 0.459 e. The Bertz CT molecular complexity index is 1390. The van der Waals surface area contributed by atoms with E-state index in [1.807, 2.05) is 0 Å². The third-order valence-corrected chi connectivity index (χ3v) is 6.94. The normalized spacial score (nSPS) is 20.3. The first-order chi connectivity index (χ1) is 19.6. The number of likely N-dealkylation sites (tertiary alicyclic amines) is 1. The number of hydrogen-bond donors (Lipinski definition) is 1. The van der Waals surface area contributed by atoms with Gasteiger partial charge in [-0.15, -0.1) is 5.10 Å². The van der Waals surface area contributed by atoms with Crippen LogP contribution in [-0.2, 0) is 20.9 Å². The second-order valence-corrected chi connectivity index (χ2v) is 9.72. The van der Waals surface area contributed by atoms with Gasteiger partial charge in [-0.3, -0.25) is 19.3 Å². The zero-order chi connectivity index (χ0) is 29.1. The number of alkyl halides is 3. The van der Waals surface area contributed by atoms with E-state index < -0.39 is 60.3 Å². The number of carbonyl (C=O) groups is 3. The Hall–Kier alpha value is -4.11. The molecule has 2 atom stereocenters. The van der Waals surface area contributed by atoms with Gasteiger partial charge in [-0.2, -0.15) is 22.8 Å². The number of aromatic nitrogens is 3. The van der Waals surface area contributed by atoms with Crippen molar-refractivity contribution in [3.8, 4) is 0 Å². The molecule has 0 saturated carbocycles. The smallest absolute Gasteiger partial charge is 0.394 e. The van der Waals surface area contributed by atoms with Crippen molar-refractivity contribution in [2.24, 2.45) is 5.92 Å². The standard InChI is InChI=1S/C26H26F4N6O5/c27-17-5-3-16(4-6-17)12-31-25-32-23(33-36(25)24(39)20-2-1-9-41-20)22-18(26(28,29)30)13-35(14-19(22)37)21(38)15-34-7-10-40-11-8-34/h1-6,9,18,22H,7-8,10-15H2,(H,31,32,33). The van der Waals surface area contributed by atoms with Crippen molar-refractivity contribution in [1.29, 1.82) is 0 Å². The van der Waals surface area contributed by atoms with E-state index in [-0.39, 0.29) is 24.8 Å². The summed E-state index contributed by atoms with van der Waals surface area (Å²) in [6.07, 6.45) is -3.64. The van der Waals surface area contributed by atoms with Crippen molar-refractivity contribution in [3.05, 3.63) is 65.6 Å². The highest BCUT2D eigenvalue weighted by atomic mass is 19.4. The molecule has 218 valence electrons. The Morgan fingerprint density at radius 1 is 1.10 bits per heavy atom. The summed E-state index contributed by atoms with van der Waals surface area (Å²) in [5.74, 6) is -7.83. The first kappa shape index (κ1) is 28.4. The van der Waals surface area contributed by atoms with Gasteiger partial charge in [-0.25, -0.2) is 4.39 Å². The van der Waals surface area contributed by atoms with Crippen LogP contribution in [0, 0.1) is 11.7 Å². The fraction of sp³-hybridized carbons (Fsp3) is 0.423. The number of Topliss-reactive ketones (excluding diaryl/α,β-unsaturated/α-hetero) is 1. The summed E-state index contributed by atoms with van der Waals surface area (Å²) in [6, 6.07) is 8.19. The minimum atomic E-state index is -4.88. The summed E-state index contributed by atoms with van der Waals surface area (Å²) >= 11 is 0. The zero-order valence-electron chi connectivity index (χ0n) is 21.6. The number of hydrogen-bond acceptors (Lipinski definition) is 9. The number of rotatable bonds is 7. The van der Waals surface area contributed by atoms with Crippen molar-refractivity contribution in [3.63, 3.8) is 0 Å². The number of furan rings is 1. The Morgan fingerprint density at radius 2 is 1.83 bits per heavy atom. The lowest BCUT2D eigenvalue weighted by atomic mass is 9.83. The SMILES string of the molecule is O=C1CN(C(=O)CN2CCOCC2)CC(C(F)(F)F)C1c1nc(NCc2ccc(F)cc2)n(C(=O)c2ccco2)n1. The van der Waals surface area contributed by atoms with E-state index >= 15 is 0 Å². The monoisotopic (exact) mass is 578 g/mol. The van der Waals surface area contributed by atoms with E-state index in [9.17, 15) is 31.9 Å². The molecule has 2 fully saturated rings. The van der Waals surface area contributed by atoms with Gasteiger partial charge < -0.3 is 19.4 Å². The average molecular weight is 579 g/mol. The highest BCUT2D eigenvalue weighted by Gasteiger charge is 2.53. The maximum atomic E-state index is 14.3. The molecule has 0 bridgehead atoms. The van der Waals surface area contributed by atoms with Crippen molar-refractivity contribution in [2.75, 3.05) is 51.3 Å². The lowest BCUT2D eigenvalue weighted by Gasteiger charge is -2.38. The zero-order valence-corrected chi connectivity index (χ0v) is 21.6. The molecule has 1 amide bonds. The number of benzene rings is 1. The molecule has 2 saturated heterocycles. The molecule has 1 N–H and O–H groups in total. The second kappa shape index (κ2) is 11.8. The Morgan fingerprint density at radius 3 is 2.49 bits per heavy atom. The summed E-state index contributed by atoms with van der Waals surface area (Å²) in [4.78, 5) is 45.9. The molecule has 0 aliphatic carbocycles. The second-order valence-electron chi connectivity index (χ2n) is 9.72. The topological polar surface area (TPSA) is 123 Å². The van der Waals surface area contributed by atoms with Crippen LogP contribution in [0.15, 0.2) is 47.1 Å². The van der Waals surface area contributed by atoms with Gasteiger partial charge in [0.2, 0.25) is 11.9 Å². The van der Waals surface area contributed by atoms with Crippen LogP contribution in [0.2, 0.25) is 0 Å². The number of nitrogens with one attached hydrogen (secondary N) is 1. The van der Waals surface area contributed by atoms with Gasteiger partial charge in [0, 0.05) is 26.2 Å². The highest BCUT2D eigenvalue weighted by molar-refractivity contribution is 5.95. The van der Waals surface area contributed by atoms with Crippen LogP contribution in [0.3, 0.4) is 0 Å². The fourth-order valence-electron chi connectivity index (χ4n) is 4.78. The Labute approximate surface area is 231 Å². The molecular formula is C26H26F4N6O5. The fourth-order valence-corrected chi connectivity index (χ4v) is 4.78. The van der Waals surface area contributed by atoms with E-state index in [2.05, 4.69) is 15.4 Å². The Balaban J connectivity index is 1.42. The van der Waals surface area contributed by atoms with Gasteiger partial charge >= 0.3 is 12.1 Å².